The predicted octanol–water partition coefficient (Wildman–Crippen LogP) is 4.41. The molecule has 2 aromatic heterocycles. The lowest BCUT2D eigenvalue weighted by atomic mass is 9.90. The summed E-state index contributed by atoms with van der Waals surface area (Å²) >= 11 is 7.03. The smallest absolute Gasteiger partial charge is 0.325 e. The Morgan fingerprint density at radius 2 is 1.85 bits per heavy atom. The minimum atomic E-state index is -4.12. The molecule has 0 unspecified atom stereocenters. The standard InChI is InChI=1S/C24H20ClN3O4S2/c25-19-8-6-17(7-9-19)20-10-11-21(33-20)34(31,32)27-24(22(29)30)14-23(24,15-28-13-12-26-16-28)18-4-2-1-3-5-18/h1-13,16,27H,14-15H2,(H,29,30)/t23-,24+/m1/s1. The normalized spacial score (nSPS) is 21.9. The van der Waals surface area contributed by atoms with Crippen molar-refractivity contribution >= 4 is 38.9 Å². The van der Waals surface area contributed by atoms with Crippen molar-refractivity contribution in [2.45, 2.75) is 28.1 Å². The van der Waals surface area contributed by atoms with Crippen LogP contribution in [0.3, 0.4) is 0 Å². The highest BCUT2D eigenvalue weighted by Crippen LogP contribution is 2.59. The van der Waals surface area contributed by atoms with E-state index in [4.69, 9.17) is 11.6 Å². The first-order valence-electron chi connectivity index (χ1n) is 10.4. The number of aliphatic carboxylic acids is 1. The third-order valence-corrected chi connectivity index (χ3v) is 9.62. The van der Waals surface area contributed by atoms with E-state index in [9.17, 15) is 18.3 Å². The number of benzene rings is 2. The molecule has 1 saturated carbocycles. The number of aromatic nitrogens is 2. The molecule has 4 aromatic rings. The number of hydrogen-bond acceptors (Lipinski definition) is 5. The van der Waals surface area contributed by atoms with Gasteiger partial charge in [-0.15, -0.1) is 11.3 Å². The SMILES string of the molecule is O=C(O)[C@@]1(NS(=O)(=O)c2ccc(-c3ccc(Cl)cc3)s2)C[C@@]1(Cn1ccnc1)c1ccccc1. The van der Waals surface area contributed by atoms with E-state index < -0.39 is 26.9 Å². The Morgan fingerprint density at radius 3 is 2.50 bits per heavy atom. The van der Waals surface area contributed by atoms with E-state index in [0.717, 1.165) is 27.3 Å². The van der Waals surface area contributed by atoms with Gasteiger partial charge in [-0.3, -0.25) is 4.79 Å². The molecule has 1 fully saturated rings. The van der Waals surface area contributed by atoms with Gasteiger partial charge in [0.25, 0.3) is 10.0 Å². The Balaban J connectivity index is 1.51. The number of halogens is 1. The van der Waals surface area contributed by atoms with E-state index in [0.29, 0.717) is 5.02 Å². The second kappa shape index (κ2) is 8.35. The number of imidazole rings is 1. The molecule has 2 atom stereocenters. The molecule has 34 heavy (non-hydrogen) atoms. The van der Waals surface area contributed by atoms with Crippen molar-refractivity contribution in [1.29, 1.82) is 0 Å². The van der Waals surface area contributed by atoms with Crippen LogP contribution >= 0.6 is 22.9 Å². The van der Waals surface area contributed by atoms with Gasteiger partial charge in [0.2, 0.25) is 0 Å². The number of rotatable bonds is 8. The maximum atomic E-state index is 13.4. The van der Waals surface area contributed by atoms with Gasteiger partial charge < -0.3 is 9.67 Å². The highest BCUT2D eigenvalue weighted by molar-refractivity contribution is 7.91. The summed E-state index contributed by atoms with van der Waals surface area (Å²) in [6.07, 6.45) is 5.06. The zero-order valence-corrected chi connectivity index (χ0v) is 20.1. The number of nitrogens with zero attached hydrogens (tertiary/aromatic N) is 2. The lowest BCUT2D eigenvalue weighted by Crippen LogP contribution is -2.49. The number of carboxylic acids is 1. The topological polar surface area (TPSA) is 101 Å². The molecule has 2 aromatic carbocycles. The van der Waals surface area contributed by atoms with E-state index in [1.807, 2.05) is 42.5 Å². The molecule has 2 heterocycles. The summed E-state index contributed by atoms with van der Waals surface area (Å²) in [5.41, 5.74) is -1.08. The van der Waals surface area contributed by atoms with Crippen molar-refractivity contribution < 1.29 is 18.3 Å². The molecule has 10 heteroatoms. The first-order chi connectivity index (χ1) is 16.3. The summed E-state index contributed by atoms with van der Waals surface area (Å²) in [5, 5.41) is 10.9. The fourth-order valence-corrected chi connectivity index (χ4v) is 7.32. The molecule has 5 rings (SSSR count). The molecule has 1 aliphatic rings. The molecule has 0 saturated heterocycles. The fraction of sp³-hybridized carbons (Fsp3) is 0.167. The van der Waals surface area contributed by atoms with Gasteiger partial charge in [-0.2, -0.15) is 4.72 Å². The lowest BCUT2D eigenvalue weighted by Gasteiger charge is -2.24. The van der Waals surface area contributed by atoms with Crippen molar-refractivity contribution in [2.24, 2.45) is 0 Å². The van der Waals surface area contributed by atoms with Gasteiger partial charge in [-0.25, -0.2) is 13.4 Å². The minimum Gasteiger partial charge on any atom is -0.480 e. The fourth-order valence-electron chi connectivity index (χ4n) is 4.46. The maximum absolute atomic E-state index is 13.4. The highest BCUT2D eigenvalue weighted by Gasteiger charge is 2.75. The van der Waals surface area contributed by atoms with E-state index in [-0.39, 0.29) is 17.2 Å². The van der Waals surface area contributed by atoms with Crippen molar-refractivity contribution in [3.05, 3.63) is 96.0 Å². The second-order valence-corrected chi connectivity index (χ2v) is 11.7. The molecule has 0 aliphatic heterocycles. The third kappa shape index (κ3) is 3.84. The average molecular weight is 514 g/mol. The highest BCUT2D eigenvalue weighted by atomic mass is 35.5. The van der Waals surface area contributed by atoms with E-state index >= 15 is 0 Å². The minimum absolute atomic E-state index is 0.0505. The summed E-state index contributed by atoms with van der Waals surface area (Å²) in [7, 11) is -4.12. The summed E-state index contributed by atoms with van der Waals surface area (Å²) < 4.78 is 31.2. The Morgan fingerprint density at radius 1 is 1.12 bits per heavy atom. The van der Waals surface area contributed by atoms with Crippen molar-refractivity contribution in [3.63, 3.8) is 0 Å². The first-order valence-corrected chi connectivity index (χ1v) is 13.1. The second-order valence-electron chi connectivity index (χ2n) is 8.30. The van der Waals surface area contributed by atoms with E-state index in [2.05, 4.69) is 9.71 Å². The molecule has 0 amide bonds. The monoisotopic (exact) mass is 513 g/mol. The summed E-state index contributed by atoms with van der Waals surface area (Å²) in [6, 6.07) is 19.4. The molecule has 2 N–H and O–H groups in total. The summed E-state index contributed by atoms with van der Waals surface area (Å²) in [4.78, 5) is 17.4. The van der Waals surface area contributed by atoms with Gasteiger partial charge in [0.05, 0.1) is 6.33 Å². The van der Waals surface area contributed by atoms with Crippen LogP contribution in [0.1, 0.15) is 12.0 Å². The van der Waals surface area contributed by atoms with E-state index in [1.165, 1.54) is 6.07 Å². The van der Waals surface area contributed by atoms with Crippen molar-refractivity contribution in [3.8, 4) is 10.4 Å². The molecule has 0 radical (unpaired) electrons. The molecular weight excluding hydrogens is 494 g/mol. The number of nitrogens with one attached hydrogen (secondary N) is 1. The van der Waals surface area contributed by atoms with Gasteiger partial charge in [-0.1, -0.05) is 54.1 Å². The Kier molecular flexibility index (Phi) is 5.60. The number of carboxylic acid groups (broad SMARTS) is 1. The van der Waals surface area contributed by atoms with Crippen molar-refractivity contribution in [2.75, 3.05) is 0 Å². The number of thiophene rings is 1. The van der Waals surface area contributed by atoms with Gasteiger partial charge in [0, 0.05) is 34.3 Å². The number of hydrogen-bond donors (Lipinski definition) is 2. The van der Waals surface area contributed by atoms with E-state index in [1.54, 1.807) is 41.5 Å². The molecule has 0 bridgehead atoms. The van der Waals surface area contributed by atoms with Crippen LogP contribution in [0, 0.1) is 0 Å². The predicted molar refractivity (Wildman–Crippen MR) is 130 cm³/mol. The summed E-state index contributed by atoms with van der Waals surface area (Å²) in [6.45, 7) is 0.270. The van der Waals surface area contributed by atoms with Crippen LogP contribution in [-0.4, -0.2) is 34.6 Å². The Hall–Kier alpha value is -2.98. The van der Waals surface area contributed by atoms with Crippen LogP contribution in [0.5, 0.6) is 0 Å². The van der Waals surface area contributed by atoms with Gasteiger partial charge in [0.1, 0.15) is 9.75 Å². The molecule has 0 spiro atoms. The maximum Gasteiger partial charge on any atom is 0.325 e. The Bertz CT molecular complexity index is 1440. The number of sulfonamides is 1. The van der Waals surface area contributed by atoms with Gasteiger partial charge in [0.15, 0.2) is 0 Å². The van der Waals surface area contributed by atoms with Gasteiger partial charge in [-0.05, 0) is 41.8 Å². The van der Waals surface area contributed by atoms with Gasteiger partial charge >= 0.3 is 5.97 Å². The third-order valence-electron chi connectivity index (χ3n) is 6.25. The molecule has 174 valence electrons. The first kappa shape index (κ1) is 22.8. The molecular formula is C24H20ClN3O4S2. The van der Waals surface area contributed by atoms with Crippen LogP contribution in [-0.2, 0) is 26.8 Å². The number of carbonyl (C=O) groups is 1. The van der Waals surface area contributed by atoms with Crippen LogP contribution in [0.4, 0.5) is 0 Å². The Labute approximate surface area is 205 Å². The van der Waals surface area contributed by atoms with Crippen molar-refractivity contribution in [1.82, 2.24) is 14.3 Å². The van der Waals surface area contributed by atoms with Crippen LogP contribution in [0.25, 0.3) is 10.4 Å². The lowest BCUT2D eigenvalue weighted by molar-refractivity contribution is -0.140. The largest absolute Gasteiger partial charge is 0.480 e. The molecule has 7 nitrogen and oxygen atoms in total. The molecule has 1 aliphatic carbocycles. The van der Waals surface area contributed by atoms with Crippen LogP contribution in [0.15, 0.2) is 89.7 Å². The van der Waals surface area contributed by atoms with Crippen LogP contribution in [0.2, 0.25) is 5.02 Å². The zero-order chi connectivity index (χ0) is 24.0. The van der Waals surface area contributed by atoms with Crippen LogP contribution < -0.4 is 4.72 Å². The average Bonchev–Trinajstić information content (AvgIpc) is 3.21. The summed E-state index contributed by atoms with van der Waals surface area (Å²) in [5.74, 6) is -1.21. The zero-order valence-electron chi connectivity index (χ0n) is 17.8. The quantitative estimate of drug-likeness (QED) is 0.363.